The van der Waals surface area contributed by atoms with Crippen LogP contribution in [-0.4, -0.2) is 44.1 Å². The fourth-order valence-corrected chi connectivity index (χ4v) is 4.63. The molecule has 0 aliphatic carbocycles. The molecule has 8 heteroatoms. The van der Waals surface area contributed by atoms with Crippen LogP contribution in [0.5, 0.6) is 0 Å². The van der Waals surface area contributed by atoms with Crippen LogP contribution in [0.3, 0.4) is 0 Å². The van der Waals surface area contributed by atoms with E-state index in [4.69, 9.17) is 0 Å². The van der Waals surface area contributed by atoms with Gasteiger partial charge in [-0.05, 0) is 38.2 Å². The van der Waals surface area contributed by atoms with Crippen molar-refractivity contribution in [2.24, 2.45) is 0 Å². The van der Waals surface area contributed by atoms with Gasteiger partial charge in [0.2, 0.25) is 5.91 Å². The van der Waals surface area contributed by atoms with Crippen LogP contribution < -0.4 is 5.32 Å². The van der Waals surface area contributed by atoms with Crippen LogP contribution in [-0.2, 0) is 14.6 Å². The SMILES string of the molecule is C[C@H](c1nc2ccccc2s1)N(C)CC(=O)Nc1ccccc1S(C)(=O)=O. The molecule has 1 aromatic heterocycles. The largest absolute Gasteiger partial charge is 0.324 e. The van der Waals surface area contributed by atoms with E-state index >= 15 is 0 Å². The minimum absolute atomic E-state index is 0.0432. The van der Waals surface area contributed by atoms with Gasteiger partial charge in [0.15, 0.2) is 9.84 Å². The summed E-state index contributed by atoms with van der Waals surface area (Å²) in [5.74, 6) is -0.276. The van der Waals surface area contributed by atoms with Crippen molar-refractivity contribution >= 4 is 43.0 Å². The maximum atomic E-state index is 12.4. The Hall–Kier alpha value is -2.29. The summed E-state index contributed by atoms with van der Waals surface area (Å²) >= 11 is 1.61. The lowest BCUT2D eigenvalue weighted by molar-refractivity contribution is -0.117. The molecule has 1 amide bonds. The standard InChI is InChI=1S/C19H21N3O3S2/c1-13(19-21-14-8-4-6-10-16(14)26-19)22(2)12-18(23)20-15-9-5-7-11-17(15)27(3,24)25/h4-11,13H,12H2,1-3H3,(H,20,23)/t13-/m1/s1. The van der Waals surface area contributed by atoms with Gasteiger partial charge in [0.1, 0.15) is 5.01 Å². The topological polar surface area (TPSA) is 79.4 Å². The molecule has 2 aromatic carbocycles. The van der Waals surface area contributed by atoms with Crippen molar-refractivity contribution in [3.05, 3.63) is 53.5 Å². The molecule has 0 bridgehead atoms. The first kappa shape index (κ1) is 19.5. The molecular formula is C19H21N3O3S2. The Morgan fingerprint density at radius 2 is 1.85 bits per heavy atom. The molecule has 0 spiro atoms. The summed E-state index contributed by atoms with van der Waals surface area (Å²) in [6, 6.07) is 14.3. The van der Waals surface area contributed by atoms with Gasteiger partial charge in [-0.1, -0.05) is 24.3 Å². The van der Waals surface area contributed by atoms with Crippen LogP contribution in [0.15, 0.2) is 53.4 Å². The molecule has 1 N–H and O–H groups in total. The number of amides is 1. The molecule has 142 valence electrons. The molecule has 0 unspecified atom stereocenters. The molecule has 0 aliphatic rings. The van der Waals surface area contributed by atoms with Gasteiger partial charge in [-0.15, -0.1) is 11.3 Å². The highest BCUT2D eigenvalue weighted by Crippen LogP contribution is 2.28. The summed E-state index contributed by atoms with van der Waals surface area (Å²) in [6.45, 7) is 2.12. The maximum Gasteiger partial charge on any atom is 0.238 e. The van der Waals surface area contributed by atoms with Gasteiger partial charge >= 0.3 is 0 Å². The zero-order valence-electron chi connectivity index (χ0n) is 15.3. The summed E-state index contributed by atoms with van der Waals surface area (Å²) in [6.07, 6.45) is 1.12. The number of thiazole rings is 1. The summed E-state index contributed by atoms with van der Waals surface area (Å²) in [5.41, 5.74) is 1.25. The first-order valence-electron chi connectivity index (χ1n) is 8.40. The van der Waals surface area contributed by atoms with E-state index in [2.05, 4.69) is 10.3 Å². The molecule has 3 aromatic rings. The number of para-hydroxylation sites is 2. The van der Waals surface area contributed by atoms with Crippen molar-refractivity contribution in [2.75, 3.05) is 25.2 Å². The molecule has 0 saturated carbocycles. The fourth-order valence-electron chi connectivity index (χ4n) is 2.70. The normalized spacial score (nSPS) is 13.0. The van der Waals surface area contributed by atoms with E-state index in [1.165, 1.54) is 6.07 Å². The molecule has 0 radical (unpaired) electrons. The van der Waals surface area contributed by atoms with Crippen molar-refractivity contribution in [3.63, 3.8) is 0 Å². The second kappa shape index (κ2) is 7.75. The van der Waals surface area contributed by atoms with E-state index in [-0.39, 0.29) is 23.4 Å². The average Bonchev–Trinajstić information content (AvgIpc) is 3.04. The van der Waals surface area contributed by atoms with E-state index in [0.29, 0.717) is 5.69 Å². The third kappa shape index (κ3) is 4.52. The first-order chi connectivity index (χ1) is 12.8. The Morgan fingerprint density at radius 3 is 2.56 bits per heavy atom. The van der Waals surface area contributed by atoms with Crippen molar-refractivity contribution < 1.29 is 13.2 Å². The Labute approximate surface area is 162 Å². The van der Waals surface area contributed by atoms with Gasteiger partial charge in [0.05, 0.1) is 33.4 Å². The summed E-state index contributed by atoms with van der Waals surface area (Å²) in [5, 5.41) is 3.64. The third-order valence-corrected chi connectivity index (χ3v) is 6.64. The summed E-state index contributed by atoms with van der Waals surface area (Å²) < 4.78 is 24.8. The number of sulfone groups is 1. The summed E-state index contributed by atoms with van der Waals surface area (Å²) in [7, 11) is -1.57. The number of likely N-dealkylation sites (N-methyl/N-ethyl adjacent to an activating group) is 1. The second-order valence-electron chi connectivity index (χ2n) is 6.43. The number of fused-ring (bicyclic) bond motifs is 1. The van der Waals surface area contributed by atoms with Crippen LogP contribution in [0.25, 0.3) is 10.2 Å². The molecule has 27 heavy (non-hydrogen) atoms. The highest BCUT2D eigenvalue weighted by Gasteiger charge is 2.20. The number of nitrogens with one attached hydrogen (secondary N) is 1. The van der Waals surface area contributed by atoms with Gasteiger partial charge in [0.25, 0.3) is 0 Å². The summed E-state index contributed by atoms with van der Waals surface area (Å²) in [4.78, 5) is 19.1. The van der Waals surface area contributed by atoms with E-state index in [1.807, 2.05) is 43.1 Å². The van der Waals surface area contributed by atoms with Crippen LogP contribution in [0, 0.1) is 0 Å². The Kier molecular flexibility index (Phi) is 5.59. The molecule has 1 heterocycles. The first-order valence-corrected chi connectivity index (χ1v) is 11.1. The Balaban J connectivity index is 1.71. The van der Waals surface area contributed by atoms with Gasteiger partial charge in [0, 0.05) is 6.26 Å². The number of carbonyl (C=O) groups is 1. The molecule has 1 atom stereocenters. The lowest BCUT2D eigenvalue weighted by Gasteiger charge is -2.22. The number of anilines is 1. The quantitative estimate of drug-likeness (QED) is 0.683. The Morgan fingerprint density at radius 1 is 1.19 bits per heavy atom. The van der Waals surface area contributed by atoms with Crippen molar-refractivity contribution in [1.82, 2.24) is 9.88 Å². The van der Waals surface area contributed by atoms with Crippen LogP contribution in [0.2, 0.25) is 0 Å². The van der Waals surface area contributed by atoms with E-state index in [0.717, 1.165) is 21.5 Å². The van der Waals surface area contributed by atoms with Gasteiger partial charge in [-0.2, -0.15) is 0 Å². The molecule has 0 saturated heterocycles. The number of hydrogen-bond donors (Lipinski definition) is 1. The van der Waals surface area contributed by atoms with Gasteiger partial charge in [-0.3, -0.25) is 9.69 Å². The minimum Gasteiger partial charge on any atom is -0.324 e. The van der Waals surface area contributed by atoms with E-state index in [1.54, 1.807) is 29.5 Å². The monoisotopic (exact) mass is 403 g/mol. The third-order valence-electron chi connectivity index (χ3n) is 4.28. The predicted molar refractivity (Wildman–Crippen MR) is 109 cm³/mol. The average molecular weight is 404 g/mol. The van der Waals surface area contributed by atoms with E-state index in [9.17, 15) is 13.2 Å². The minimum atomic E-state index is -3.42. The number of benzene rings is 2. The highest BCUT2D eigenvalue weighted by atomic mass is 32.2. The van der Waals surface area contributed by atoms with Gasteiger partial charge in [-0.25, -0.2) is 13.4 Å². The van der Waals surface area contributed by atoms with Crippen molar-refractivity contribution in [1.29, 1.82) is 0 Å². The molecular weight excluding hydrogens is 382 g/mol. The lowest BCUT2D eigenvalue weighted by Crippen LogP contribution is -2.32. The number of rotatable bonds is 6. The molecule has 0 aliphatic heterocycles. The molecule has 3 rings (SSSR count). The number of aromatic nitrogens is 1. The smallest absolute Gasteiger partial charge is 0.238 e. The fraction of sp³-hybridized carbons (Fsp3) is 0.263. The lowest BCUT2D eigenvalue weighted by atomic mass is 10.3. The number of carbonyl (C=O) groups excluding carboxylic acids is 1. The predicted octanol–water partition coefficient (Wildman–Crippen LogP) is 3.33. The second-order valence-corrected chi connectivity index (χ2v) is 9.47. The number of nitrogens with zero attached hydrogens (tertiary/aromatic N) is 2. The molecule has 6 nitrogen and oxygen atoms in total. The number of hydrogen-bond acceptors (Lipinski definition) is 6. The maximum absolute atomic E-state index is 12.4. The van der Waals surface area contributed by atoms with Crippen LogP contribution >= 0.6 is 11.3 Å². The van der Waals surface area contributed by atoms with Crippen molar-refractivity contribution in [3.8, 4) is 0 Å². The van der Waals surface area contributed by atoms with Gasteiger partial charge < -0.3 is 5.32 Å². The molecule has 0 fully saturated rings. The zero-order valence-corrected chi connectivity index (χ0v) is 17.0. The Bertz CT molecular complexity index is 1040. The highest BCUT2D eigenvalue weighted by molar-refractivity contribution is 7.90. The zero-order chi connectivity index (χ0) is 19.6. The van der Waals surface area contributed by atoms with Crippen LogP contribution in [0.4, 0.5) is 5.69 Å². The van der Waals surface area contributed by atoms with Crippen LogP contribution in [0.1, 0.15) is 18.0 Å². The van der Waals surface area contributed by atoms with Crippen molar-refractivity contribution in [2.45, 2.75) is 17.9 Å². The van der Waals surface area contributed by atoms with E-state index < -0.39 is 9.84 Å².